The SMILES string of the molecule is Cc1ccc2c(c1)c1c(n2-c2cccc3c2CCCC3)CCN(C)C1. The van der Waals surface area contributed by atoms with Gasteiger partial charge in [-0.25, -0.2) is 0 Å². The lowest BCUT2D eigenvalue weighted by molar-refractivity contribution is 0.311. The second-order valence-corrected chi connectivity index (χ2v) is 7.89. The fourth-order valence-corrected chi connectivity index (χ4v) is 4.85. The summed E-state index contributed by atoms with van der Waals surface area (Å²) in [6.07, 6.45) is 6.28. The summed E-state index contributed by atoms with van der Waals surface area (Å²) in [4.78, 5) is 2.45. The number of aromatic nitrogens is 1. The lowest BCUT2D eigenvalue weighted by Gasteiger charge is -2.26. The predicted molar refractivity (Wildman–Crippen MR) is 105 cm³/mol. The van der Waals surface area contributed by atoms with Crippen LogP contribution in [-0.2, 0) is 25.8 Å². The maximum absolute atomic E-state index is 2.60. The zero-order valence-corrected chi connectivity index (χ0v) is 15.3. The first-order chi connectivity index (χ1) is 12.2. The molecule has 0 spiro atoms. The molecule has 0 N–H and O–H groups in total. The van der Waals surface area contributed by atoms with Gasteiger partial charge in [-0.2, -0.15) is 0 Å². The number of fused-ring (bicyclic) bond motifs is 4. The summed E-state index contributed by atoms with van der Waals surface area (Å²) in [6.45, 7) is 4.43. The molecule has 2 heteroatoms. The van der Waals surface area contributed by atoms with Gasteiger partial charge in [-0.1, -0.05) is 23.8 Å². The van der Waals surface area contributed by atoms with E-state index in [9.17, 15) is 0 Å². The quantitative estimate of drug-likeness (QED) is 0.622. The molecule has 0 atom stereocenters. The van der Waals surface area contributed by atoms with Crippen LogP contribution in [0.5, 0.6) is 0 Å². The van der Waals surface area contributed by atoms with Crippen molar-refractivity contribution < 1.29 is 0 Å². The monoisotopic (exact) mass is 330 g/mol. The first-order valence-electron chi connectivity index (χ1n) is 9.65. The smallest absolute Gasteiger partial charge is 0.0535 e. The van der Waals surface area contributed by atoms with Crippen molar-refractivity contribution in [2.45, 2.75) is 45.6 Å². The van der Waals surface area contributed by atoms with Crippen molar-refractivity contribution in [2.24, 2.45) is 0 Å². The summed E-state index contributed by atoms with van der Waals surface area (Å²) in [7, 11) is 2.24. The molecule has 0 saturated heterocycles. The molecule has 5 rings (SSSR count). The van der Waals surface area contributed by atoms with E-state index >= 15 is 0 Å². The fourth-order valence-electron chi connectivity index (χ4n) is 4.85. The molecule has 2 heterocycles. The summed E-state index contributed by atoms with van der Waals surface area (Å²) >= 11 is 0. The van der Waals surface area contributed by atoms with Gasteiger partial charge in [0.1, 0.15) is 0 Å². The molecule has 0 bridgehead atoms. The van der Waals surface area contributed by atoms with E-state index in [1.807, 2.05) is 0 Å². The fraction of sp³-hybridized carbons (Fsp3) is 0.391. The van der Waals surface area contributed by atoms with Gasteiger partial charge in [0.05, 0.1) is 5.52 Å². The Hall–Kier alpha value is -2.06. The molecule has 1 aliphatic carbocycles. The Labute approximate surface area is 150 Å². The molecule has 2 nitrogen and oxygen atoms in total. The van der Waals surface area contributed by atoms with Gasteiger partial charge in [0.15, 0.2) is 0 Å². The first kappa shape index (κ1) is 15.2. The number of rotatable bonds is 1. The summed E-state index contributed by atoms with van der Waals surface area (Å²) in [5, 5.41) is 1.45. The number of aryl methyl sites for hydroxylation is 2. The van der Waals surface area contributed by atoms with Crippen LogP contribution in [0.1, 0.15) is 40.8 Å². The topological polar surface area (TPSA) is 8.17 Å². The Balaban J connectivity index is 1.83. The molecule has 0 amide bonds. The maximum Gasteiger partial charge on any atom is 0.0535 e. The van der Waals surface area contributed by atoms with E-state index in [1.54, 1.807) is 16.7 Å². The van der Waals surface area contributed by atoms with E-state index in [2.05, 4.69) is 59.8 Å². The third-order valence-corrected chi connectivity index (χ3v) is 6.11. The van der Waals surface area contributed by atoms with Crippen molar-refractivity contribution >= 4 is 10.9 Å². The largest absolute Gasteiger partial charge is 0.313 e. The minimum absolute atomic E-state index is 1.07. The average Bonchev–Trinajstić information content (AvgIpc) is 2.94. The van der Waals surface area contributed by atoms with Gasteiger partial charge >= 0.3 is 0 Å². The highest BCUT2D eigenvalue weighted by atomic mass is 15.1. The minimum Gasteiger partial charge on any atom is -0.313 e. The van der Waals surface area contributed by atoms with Gasteiger partial charge in [-0.3, -0.25) is 0 Å². The van der Waals surface area contributed by atoms with Crippen LogP contribution in [-0.4, -0.2) is 23.1 Å². The number of benzene rings is 2. The number of hydrogen-bond acceptors (Lipinski definition) is 1. The van der Waals surface area contributed by atoms with Crippen LogP contribution in [0.25, 0.3) is 16.6 Å². The highest BCUT2D eigenvalue weighted by Gasteiger charge is 2.25. The number of hydrogen-bond donors (Lipinski definition) is 0. The van der Waals surface area contributed by atoms with Gasteiger partial charge in [0.25, 0.3) is 0 Å². The van der Waals surface area contributed by atoms with E-state index in [0.29, 0.717) is 0 Å². The lowest BCUT2D eigenvalue weighted by atomic mass is 9.90. The molecule has 0 radical (unpaired) electrons. The molecule has 25 heavy (non-hydrogen) atoms. The summed E-state index contributed by atoms with van der Waals surface area (Å²) in [6, 6.07) is 13.9. The Morgan fingerprint density at radius 3 is 2.72 bits per heavy atom. The Morgan fingerprint density at radius 2 is 1.80 bits per heavy atom. The van der Waals surface area contributed by atoms with Crippen LogP contribution in [0, 0.1) is 6.92 Å². The van der Waals surface area contributed by atoms with Gasteiger partial charge in [-0.05, 0) is 74.5 Å². The molecule has 2 aromatic carbocycles. The van der Waals surface area contributed by atoms with Crippen LogP contribution in [0.3, 0.4) is 0 Å². The normalized spacial score (nSPS) is 17.5. The van der Waals surface area contributed by atoms with E-state index in [-0.39, 0.29) is 0 Å². The zero-order chi connectivity index (χ0) is 17.0. The van der Waals surface area contributed by atoms with Gasteiger partial charge in [0, 0.05) is 36.3 Å². The first-order valence-corrected chi connectivity index (χ1v) is 9.65. The lowest BCUT2D eigenvalue weighted by Crippen LogP contribution is -2.27. The molecule has 3 aromatic rings. The Morgan fingerprint density at radius 1 is 0.920 bits per heavy atom. The molecule has 1 aliphatic heterocycles. The van der Waals surface area contributed by atoms with Crippen LogP contribution >= 0.6 is 0 Å². The molecule has 0 saturated carbocycles. The van der Waals surface area contributed by atoms with Gasteiger partial charge in [0.2, 0.25) is 0 Å². The maximum atomic E-state index is 2.60. The van der Waals surface area contributed by atoms with Crippen molar-refractivity contribution in [3.05, 3.63) is 64.3 Å². The molecular formula is C23H26N2. The van der Waals surface area contributed by atoms with Gasteiger partial charge in [-0.15, -0.1) is 0 Å². The Kier molecular flexibility index (Phi) is 3.49. The molecule has 0 fully saturated rings. The zero-order valence-electron chi connectivity index (χ0n) is 15.3. The van der Waals surface area contributed by atoms with Crippen molar-refractivity contribution in [3.63, 3.8) is 0 Å². The summed E-state index contributed by atoms with van der Waals surface area (Å²) in [5.41, 5.74) is 10.4. The second kappa shape index (κ2) is 5.74. The van der Waals surface area contributed by atoms with E-state index in [1.165, 1.54) is 53.5 Å². The van der Waals surface area contributed by atoms with Gasteiger partial charge < -0.3 is 9.47 Å². The number of likely N-dealkylation sites (N-methyl/N-ethyl adjacent to an activating group) is 1. The minimum atomic E-state index is 1.07. The molecule has 2 aliphatic rings. The van der Waals surface area contributed by atoms with E-state index < -0.39 is 0 Å². The Bertz CT molecular complexity index is 964. The third-order valence-electron chi connectivity index (χ3n) is 6.11. The third kappa shape index (κ3) is 2.35. The van der Waals surface area contributed by atoms with Crippen molar-refractivity contribution in [1.82, 2.24) is 9.47 Å². The number of nitrogens with zero attached hydrogens (tertiary/aromatic N) is 2. The molecule has 1 aromatic heterocycles. The standard InChI is InChI=1S/C23H26N2/c1-16-10-11-22-19(14-16)20-15-24(2)13-12-23(20)25(22)21-9-5-7-17-6-3-4-8-18(17)21/h5,7,9-11,14H,3-4,6,8,12-13,15H2,1-2H3. The van der Waals surface area contributed by atoms with Crippen LogP contribution in [0.4, 0.5) is 0 Å². The summed E-state index contributed by atoms with van der Waals surface area (Å²) in [5.74, 6) is 0. The van der Waals surface area contributed by atoms with Crippen LogP contribution in [0.2, 0.25) is 0 Å². The molecule has 128 valence electrons. The highest BCUT2D eigenvalue weighted by molar-refractivity contribution is 5.88. The summed E-state index contributed by atoms with van der Waals surface area (Å²) < 4.78 is 2.60. The van der Waals surface area contributed by atoms with Crippen LogP contribution in [0.15, 0.2) is 36.4 Å². The predicted octanol–water partition coefficient (Wildman–Crippen LogP) is 4.81. The van der Waals surface area contributed by atoms with Crippen molar-refractivity contribution in [3.8, 4) is 5.69 Å². The average molecular weight is 330 g/mol. The van der Waals surface area contributed by atoms with E-state index in [0.717, 1.165) is 19.5 Å². The highest BCUT2D eigenvalue weighted by Crippen LogP contribution is 2.36. The van der Waals surface area contributed by atoms with Crippen molar-refractivity contribution in [1.29, 1.82) is 0 Å². The van der Waals surface area contributed by atoms with Crippen molar-refractivity contribution in [2.75, 3.05) is 13.6 Å². The van der Waals surface area contributed by atoms with E-state index in [4.69, 9.17) is 0 Å². The molecular weight excluding hydrogens is 304 g/mol. The second-order valence-electron chi connectivity index (χ2n) is 7.89. The van der Waals surface area contributed by atoms with Crippen LogP contribution < -0.4 is 0 Å². The molecule has 0 unspecified atom stereocenters.